The summed E-state index contributed by atoms with van der Waals surface area (Å²) >= 11 is 1.39. The van der Waals surface area contributed by atoms with Crippen molar-refractivity contribution >= 4 is 27.4 Å². The predicted molar refractivity (Wildman–Crippen MR) is 80.2 cm³/mol. The number of carboxylic acid groups (broad SMARTS) is 1. The molecule has 0 saturated carbocycles. The Morgan fingerprint density at radius 3 is 2.68 bits per heavy atom. The highest BCUT2D eigenvalue weighted by Crippen LogP contribution is 2.33. The van der Waals surface area contributed by atoms with Gasteiger partial charge in [-0.15, -0.1) is 11.3 Å². The van der Waals surface area contributed by atoms with E-state index in [1.807, 2.05) is 20.2 Å². The Balaban J connectivity index is 2.55. The number of thiophene rings is 1. The molecule has 0 atom stereocenters. The lowest BCUT2D eigenvalue weighted by Gasteiger charge is -2.09. The number of carbonyl (C=O) groups is 1. The molecule has 4 heteroatoms. The van der Waals surface area contributed by atoms with Gasteiger partial charge in [-0.1, -0.05) is 19.4 Å². The largest absolute Gasteiger partial charge is 0.477 e. The number of nitrogens with zero attached hydrogens (tertiary/aromatic N) is 1. The molecule has 2 rings (SSSR count). The van der Waals surface area contributed by atoms with Gasteiger partial charge in [0.15, 0.2) is 0 Å². The first-order chi connectivity index (χ1) is 9.02. The van der Waals surface area contributed by atoms with Crippen LogP contribution in [0.3, 0.4) is 0 Å². The normalized spacial score (nSPS) is 11.4. The first kappa shape index (κ1) is 14.0. The number of aromatic carboxylic acids is 1. The second-order valence-electron chi connectivity index (χ2n) is 5.03. The summed E-state index contributed by atoms with van der Waals surface area (Å²) in [4.78, 5) is 13.9. The molecule has 19 heavy (non-hydrogen) atoms. The van der Waals surface area contributed by atoms with E-state index in [0.717, 1.165) is 35.0 Å². The molecule has 3 nitrogen and oxygen atoms in total. The van der Waals surface area contributed by atoms with E-state index in [1.165, 1.54) is 16.9 Å². The van der Waals surface area contributed by atoms with Crippen molar-refractivity contribution in [3.63, 3.8) is 0 Å². The van der Waals surface area contributed by atoms with Crippen molar-refractivity contribution in [2.45, 2.75) is 26.3 Å². The highest BCUT2D eigenvalue weighted by atomic mass is 32.1. The van der Waals surface area contributed by atoms with E-state index in [-0.39, 0.29) is 0 Å². The average molecular weight is 277 g/mol. The molecule has 0 spiro atoms. The molecule has 1 aromatic carbocycles. The van der Waals surface area contributed by atoms with Crippen molar-refractivity contribution in [1.29, 1.82) is 0 Å². The quantitative estimate of drug-likeness (QED) is 0.907. The van der Waals surface area contributed by atoms with E-state index < -0.39 is 5.97 Å². The first-order valence-electron chi connectivity index (χ1n) is 6.45. The predicted octanol–water partition coefficient (Wildman–Crippen LogP) is 3.61. The zero-order valence-electron chi connectivity index (χ0n) is 11.6. The summed E-state index contributed by atoms with van der Waals surface area (Å²) in [6.07, 6.45) is 1.79. The lowest BCUT2D eigenvalue weighted by atomic mass is 10.0. The Kier molecular flexibility index (Phi) is 4.22. The van der Waals surface area contributed by atoms with Crippen LogP contribution in [0.5, 0.6) is 0 Å². The second kappa shape index (κ2) is 5.72. The summed E-state index contributed by atoms with van der Waals surface area (Å²) in [5.74, 6) is -0.807. The third kappa shape index (κ3) is 2.96. The summed E-state index contributed by atoms with van der Waals surface area (Å²) in [5.41, 5.74) is 2.22. The minimum atomic E-state index is -0.807. The molecule has 102 valence electrons. The summed E-state index contributed by atoms with van der Waals surface area (Å²) in [7, 11) is 4.07. The van der Waals surface area contributed by atoms with Gasteiger partial charge < -0.3 is 10.0 Å². The van der Waals surface area contributed by atoms with Crippen molar-refractivity contribution < 1.29 is 9.90 Å². The van der Waals surface area contributed by atoms with Gasteiger partial charge in [-0.25, -0.2) is 4.79 Å². The van der Waals surface area contributed by atoms with Crippen LogP contribution < -0.4 is 0 Å². The van der Waals surface area contributed by atoms with E-state index in [4.69, 9.17) is 0 Å². The molecule has 0 unspecified atom stereocenters. The monoisotopic (exact) mass is 277 g/mol. The highest BCUT2D eigenvalue weighted by molar-refractivity contribution is 7.21. The molecule has 0 bridgehead atoms. The first-order valence-corrected chi connectivity index (χ1v) is 7.27. The topological polar surface area (TPSA) is 40.5 Å². The van der Waals surface area contributed by atoms with Crippen molar-refractivity contribution in [1.82, 2.24) is 4.90 Å². The molecule has 2 aromatic rings. The van der Waals surface area contributed by atoms with Gasteiger partial charge in [-0.3, -0.25) is 0 Å². The molecular formula is C15H19NO2S. The molecule has 1 heterocycles. The molecule has 0 amide bonds. The maximum Gasteiger partial charge on any atom is 0.346 e. The Hall–Kier alpha value is -1.39. The van der Waals surface area contributed by atoms with Crippen molar-refractivity contribution in [3.8, 4) is 0 Å². The third-order valence-corrected chi connectivity index (χ3v) is 4.25. The van der Waals surface area contributed by atoms with Crippen LogP contribution in [-0.4, -0.2) is 30.1 Å². The van der Waals surface area contributed by atoms with E-state index in [1.54, 1.807) is 0 Å². The summed E-state index contributed by atoms with van der Waals surface area (Å²) in [6.45, 7) is 2.96. The summed E-state index contributed by atoms with van der Waals surface area (Å²) in [5, 5.41) is 10.4. The summed E-state index contributed by atoms with van der Waals surface area (Å²) in [6, 6.07) is 6.27. The molecule has 0 aliphatic rings. The maximum atomic E-state index is 11.3. The smallest absolute Gasteiger partial charge is 0.346 e. The molecular weight excluding hydrogens is 258 g/mol. The van der Waals surface area contributed by atoms with E-state index >= 15 is 0 Å². The zero-order chi connectivity index (χ0) is 14.0. The highest BCUT2D eigenvalue weighted by Gasteiger charge is 2.17. The average Bonchev–Trinajstić information content (AvgIpc) is 2.68. The van der Waals surface area contributed by atoms with Crippen LogP contribution in [-0.2, 0) is 13.0 Å². The van der Waals surface area contributed by atoms with Crippen LogP contribution in [0.25, 0.3) is 10.1 Å². The summed E-state index contributed by atoms with van der Waals surface area (Å²) < 4.78 is 1.07. The van der Waals surface area contributed by atoms with Crippen molar-refractivity contribution in [2.75, 3.05) is 14.1 Å². The second-order valence-corrected chi connectivity index (χ2v) is 6.09. The number of aryl methyl sites for hydroxylation is 1. The van der Waals surface area contributed by atoms with Crippen LogP contribution in [0.15, 0.2) is 18.2 Å². The van der Waals surface area contributed by atoms with Gasteiger partial charge in [-0.05, 0) is 49.2 Å². The Morgan fingerprint density at radius 2 is 2.11 bits per heavy atom. The fourth-order valence-corrected chi connectivity index (χ4v) is 3.40. The molecule has 0 radical (unpaired) electrons. The Morgan fingerprint density at radius 1 is 1.37 bits per heavy atom. The molecule has 1 aromatic heterocycles. The minimum absolute atomic E-state index is 0.499. The zero-order valence-corrected chi connectivity index (χ0v) is 12.4. The van der Waals surface area contributed by atoms with Crippen molar-refractivity contribution in [2.24, 2.45) is 0 Å². The molecule has 0 saturated heterocycles. The van der Waals surface area contributed by atoms with E-state index in [2.05, 4.69) is 24.0 Å². The number of hydrogen-bond acceptors (Lipinski definition) is 3. The number of hydrogen-bond donors (Lipinski definition) is 1. The Labute approximate surface area is 117 Å². The van der Waals surface area contributed by atoms with Gasteiger partial charge in [0.25, 0.3) is 0 Å². The van der Waals surface area contributed by atoms with Gasteiger partial charge in [0.1, 0.15) is 4.88 Å². The van der Waals surface area contributed by atoms with Gasteiger partial charge >= 0.3 is 5.97 Å². The molecule has 1 N–H and O–H groups in total. The van der Waals surface area contributed by atoms with Crippen LogP contribution in [0.1, 0.15) is 34.1 Å². The number of benzene rings is 1. The molecule has 0 aliphatic heterocycles. The SMILES string of the molecule is CCCc1c(C(=O)O)sc2ccc(CN(C)C)cc12. The number of fused-ring (bicyclic) bond motifs is 1. The maximum absolute atomic E-state index is 11.3. The van der Waals surface area contributed by atoms with Crippen molar-refractivity contribution in [3.05, 3.63) is 34.2 Å². The molecule has 0 fully saturated rings. The standard InChI is InChI=1S/C15H19NO2S/c1-4-5-11-12-8-10(9-16(2)3)6-7-13(12)19-14(11)15(17)18/h6-8H,4-5,9H2,1-3H3,(H,17,18). The van der Waals surface area contributed by atoms with Gasteiger partial charge in [0.2, 0.25) is 0 Å². The van der Waals surface area contributed by atoms with Gasteiger partial charge in [0, 0.05) is 11.2 Å². The lowest BCUT2D eigenvalue weighted by molar-refractivity contribution is 0.0701. The van der Waals surface area contributed by atoms with Crippen LogP contribution in [0, 0.1) is 0 Å². The van der Waals surface area contributed by atoms with Crippen LogP contribution in [0.2, 0.25) is 0 Å². The third-order valence-electron chi connectivity index (χ3n) is 3.05. The fourth-order valence-electron chi connectivity index (χ4n) is 2.33. The van der Waals surface area contributed by atoms with E-state index in [0.29, 0.717) is 4.88 Å². The number of rotatable bonds is 5. The molecule has 0 aliphatic carbocycles. The fraction of sp³-hybridized carbons (Fsp3) is 0.400. The van der Waals surface area contributed by atoms with Crippen LogP contribution >= 0.6 is 11.3 Å². The van der Waals surface area contributed by atoms with Gasteiger partial charge in [0.05, 0.1) is 0 Å². The lowest BCUT2D eigenvalue weighted by Crippen LogP contribution is -2.10. The van der Waals surface area contributed by atoms with Gasteiger partial charge in [-0.2, -0.15) is 0 Å². The minimum Gasteiger partial charge on any atom is -0.477 e. The Bertz CT molecular complexity index is 601. The van der Waals surface area contributed by atoms with E-state index in [9.17, 15) is 9.90 Å². The number of carboxylic acids is 1. The van der Waals surface area contributed by atoms with Crippen LogP contribution in [0.4, 0.5) is 0 Å².